The lowest BCUT2D eigenvalue weighted by atomic mass is 10.1. The average Bonchev–Trinajstić information content (AvgIpc) is 3.22. The lowest BCUT2D eigenvalue weighted by Gasteiger charge is -2.12. The number of rotatable bonds is 6. The Kier molecular flexibility index (Phi) is 5.72. The maximum absolute atomic E-state index is 12.4. The van der Waals surface area contributed by atoms with Gasteiger partial charge in [-0.25, -0.2) is 4.68 Å². The van der Waals surface area contributed by atoms with Gasteiger partial charge >= 0.3 is 0 Å². The molecule has 142 valence electrons. The van der Waals surface area contributed by atoms with E-state index in [1.165, 1.54) is 4.68 Å². The third-order valence-electron chi connectivity index (χ3n) is 4.22. The fourth-order valence-electron chi connectivity index (χ4n) is 2.59. The molecule has 7 nitrogen and oxygen atoms in total. The molecule has 0 saturated carbocycles. The number of nitrogens with zero attached hydrogens (tertiary/aromatic N) is 4. The van der Waals surface area contributed by atoms with Gasteiger partial charge in [0.2, 0.25) is 0 Å². The van der Waals surface area contributed by atoms with Crippen molar-refractivity contribution >= 4 is 29.1 Å². The molecule has 1 aromatic carbocycles. The molecule has 0 aliphatic rings. The van der Waals surface area contributed by atoms with E-state index in [4.69, 9.17) is 27.9 Å². The molecule has 1 unspecified atom stereocenters. The molecule has 2 aromatic heterocycles. The number of nitrogens with one attached hydrogen (secondary N) is 1. The van der Waals surface area contributed by atoms with Gasteiger partial charge in [-0.05, 0) is 32.0 Å². The first-order chi connectivity index (χ1) is 12.9. The van der Waals surface area contributed by atoms with Crippen LogP contribution >= 0.6 is 23.2 Å². The van der Waals surface area contributed by atoms with Crippen molar-refractivity contribution in [3.63, 3.8) is 0 Å². The van der Waals surface area contributed by atoms with Crippen LogP contribution in [0, 0.1) is 6.92 Å². The molecule has 0 aliphatic carbocycles. The number of halogens is 2. The Balaban J connectivity index is 1.63. The van der Waals surface area contributed by atoms with Crippen molar-refractivity contribution in [1.82, 2.24) is 24.9 Å². The van der Waals surface area contributed by atoms with E-state index >= 15 is 0 Å². The zero-order chi connectivity index (χ0) is 19.6. The van der Waals surface area contributed by atoms with Crippen LogP contribution in [0.25, 0.3) is 0 Å². The average molecular weight is 408 g/mol. The van der Waals surface area contributed by atoms with E-state index in [0.717, 1.165) is 11.3 Å². The number of amides is 1. The highest BCUT2D eigenvalue weighted by atomic mass is 35.5. The lowest BCUT2D eigenvalue weighted by molar-refractivity contribution is 0.0932. The van der Waals surface area contributed by atoms with E-state index in [1.807, 2.05) is 20.9 Å². The molecule has 0 saturated heterocycles. The van der Waals surface area contributed by atoms with Crippen LogP contribution in [0.15, 0.2) is 36.7 Å². The van der Waals surface area contributed by atoms with E-state index in [1.54, 1.807) is 41.3 Å². The summed E-state index contributed by atoms with van der Waals surface area (Å²) in [7, 11) is 1.86. The largest absolute Gasteiger partial charge is 0.468 e. The SMILES string of the molecule is Cc1c(C(C)NC(=O)c2ccn(COc3c(Cl)cccc3Cl)n2)cnn1C. The molecule has 0 radical (unpaired) electrons. The van der Waals surface area contributed by atoms with Gasteiger partial charge in [-0.1, -0.05) is 29.3 Å². The number of para-hydroxylation sites is 1. The minimum absolute atomic E-state index is 0.0774. The second-order valence-electron chi connectivity index (χ2n) is 6.07. The Morgan fingerprint density at radius 1 is 1.30 bits per heavy atom. The third kappa shape index (κ3) is 4.26. The molecular formula is C18H19Cl2N5O2. The molecule has 0 spiro atoms. The molecule has 9 heteroatoms. The van der Waals surface area contributed by atoms with E-state index < -0.39 is 0 Å². The van der Waals surface area contributed by atoms with E-state index in [0.29, 0.717) is 15.8 Å². The number of hydrogen-bond donors (Lipinski definition) is 1. The number of aryl methyl sites for hydroxylation is 1. The summed E-state index contributed by atoms with van der Waals surface area (Å²) in [6.45, 7) is 3.94. The Morgan fingerprint density at radius 2 is 2.00 bits per heavy atom. The summed E-state index contributed by atoms with van der Waals surface area (Å²) >= 11 is 12.1. The second kappa shape index (κ2) is 8.02. The fourth-order valence-corrected chi connectivity index (χ4v) is 3.10. The Morgan fingerprint density at radius 3 is 2.63 bits per heavy atom. The summed E-state index contributed by atoms with van der Waals surface area (Å²) in [5.74, 6) is 0.100. The first-order valence-electron chi connectivity index (χ1n) is 8.26. The Labute approximate surface area is 166 Å². The smallest absolute Gasteiger partial charge is 0.272 e. The van der Waals surface area contributed by atoms with Crippen LogP contribution < -0.4 is 10.1 Å². The number of ether oxygens (including phenoxy) is 1. The van der Waals surface area contributed by atoms with Gasteiger partial charge in [-0.3, -0.25) is 9.48 Å². The molecular weight excluding hydrogens is 389 g/mol. The van der Waals surface area contributed by atoms with Crippen molar-refractivity contribution in [1.29, 1.82) is 0 Å². The zero-order valence-corrected chi connectivity index (χ0v) is 16.6. The van der Waals surface area contributed by atoms with Crippen LogP contribution in [0.5, 0.6) is 5.75 Å². The van der Waals surface area contributed by atoms with Crippen LogP contribution in [0.1, 0.15) is 34.7 Å². The van der Waals surface area contributed by atoms with Gasteiger partial charge in [0.25, 0.3) is 5.91 Å². The van der Waals surface area contributed by atoms with Crippen LogP contribution in [0.3, 0.4) is 0 Å². The van der Waals surface area contributed by atoms with Crippen molar-refractivity contribution < 1.29 is 9.53 Å². The van der Waals surface area contributed by atoms with Crippen LogP contribution in [0.4, 0.5) is 0 Å². The number of carbonyl (C=O) groups is 1. The van der Waals surface area contributed by atoms with Gasteiger partial charge in [0, 0.05) is 24.5 Å². The number of benzene rings is 1. The normalized spacial score (nSPS) is 12.0. The van der Waals surface area contributed by atoms with Crippen molar-refractivity contribution in [2.45, 2.75) is 26.6 Å². The lowest BCUT2D eigenvalue weighted by Crippen LogP contribution is -2.27. The van der Waals surface area contributed by atoms with Crippen molar-refractivity contribution in [2.24, 2.45) is 7.05 Å². The molecule has 3 aromatic rings. The number of carbonyl (C=O) groups excluding carboxylic acids is 1. The summed E-state index contributed by atoms with van der Waals surface area (Å²) in [6.07, 6.45) is 3.40. The van der Waals surface area contributed by atoms with Crippen molar-refractivity contribution in [2.75, 3.05) is 0 Å². The quantitative estimate of drug-likeness (QED) is 0.674. The van der Waals surface area contributed by atoms with Gasteiger partial charge in [0.1, 0.15) is 5.69 Å². The molecule has 3 rings (SSSR count). The Bertz CT molecular complexity index is 946. The summed E-state index contributed by atoms with van der Waals surface area (Å²) < 4.78 is 8.87. The number of aromatic nitrogens is 4. The third-order valence-corrected chi connectivity index (χ3v) is 4.82. The van der Waals surface area contributed by atoms with Gasteiger partial charge in [0.05, 0.1) is 22.3 Å². The molecule has 1 N–H and O–H groups in total. The monoisotopic (exact) mass is 407 g/mol. The molecule has 27 heavy (non-hydrogen) atoms. The molecule has 0 bridgehead atoms. The van der Waals surface area contributed by atoms with Gasteiger partial charge in [0.15, 0.2) is 12.5 Å². The number of hydrogen-bond acceptors (Lipinski definition) is 4. The molecule has 0 aliphatic heterocycles. The van der Waals surface area contributed by atoms with E-state index in [-0.39, 0.29) is 24.4 Å². The van der Waals surface area contributed by atoms with Gasteiger partial charge in [-0.2, -0.15) is 10.2 Å². The molecule has 2 heterocycles. The molecule has 1 amide bonds. The molecule has 1 atom stereocenters. The Hall–Kier alpha value is -2.51. The van der Waals surface area contributed by atoms with Crippen molar-refractivity contribution in [3.05, 3.63) is 63.7 Å². The first kappa shape index (κ1) is 19.3. The van der Waals surface area contributed by atoms with Crippen LogP contribution in [-0.4, -0.2) is 25.5 Å². The first-order valence-corrected chi connectivity index (χ1v) is 9.02. The summed E-state index contributed by atoms with van der Waals surface area (Å²) in [6, 6.07) is 6.54. The van der Waals surface area contributed by atoms with Crippen molar-refractivity contribution in [3.8, 4) is 5.75 Å². The van der Waals surface area contributed by atoms with E-state index in [9.17, 15) is 4.79 Å². The fraction of sp³-hybridized carbons (Fsp3) is 0.278. The van der Waals surface area contributed by atoms with Crippen LogP contribution in [-0.2, 0) is 13.8 Å². The maximum atomic E-state index is 12.4. The highest BCUT2D eigenvalue weighted by Gasteiger charge is 2.17. The van der Waals surface area contributed by atoms with Gasteiger partial charge in [-0.15, -0.1) is 0 Å². The van der Waals surface area contributed by atoms with E-state index in [2.05, 4.69) is 15.5 Å². The predicted octanol–water partition coefficient (Wildman–Crippen LogP) is 3.76. The highest BCUT2D eigenvalue weighted by Crippen LogP contribution is 2.32. The summed E-state index contributed by atoms with van der Waals surface area (Å²) in [5, 5.41) is 12.2. The second-order valence-corrected chi connectivity index (χ2v) is 6.88. The highest BCUT2D eigenvalue weighted by molar-refractivity contribution is 6.37. The topological polar surface area (TPSA) is 74.0 Å². The summed E-state index contributed by atoms with van der Waals surface area (Å²) in [4.78, 5) is 12.4. The predicted molar refractivity (Wildman–Crippen MR) is 103 cm³/mol. The maximum Gasteiger partial charge on any atom is 0.272 e. The summed E-state index contributed by atoms with van der Waals surface area (Å²) in [5.41, 5.74) is 2.25. The zero-order valence-electron chi connectivity index (χ0n) is 15.1. The minimum Gasteiger partial charge on any atom is -0.468 e. The minimum atomic E-state index is -0.278. The molecule has 0 fully saturated rings. The van der Waals surface area contributed by atoms with Gasteiger partial charge < -0.3 is 10.1 Å². The standard InChI is InChI=1S/C18H19Cl2N5O2/c1-11(13-9-21-24(3)12(13)2)22-18(26)16-7-8-25(23-16)10-27-17-14(19)5-4-6-15(17)20/h4-9,11H,10H2,1-3H3,(H,22,26). The van der Waals surface area contributed by atoms with Crippen LogP contribution in [0.2, 0.25) is 10.0 Å².